The van der Waals surface area contributed by atoms with Crippen molar-refractivity contribution in [1.82, 2.24) is 0 Å². The maximum atomic E-state index is 12.9. The molecule has 11 nitrogen and oxygen atoms in total. The highest BCUT2D eigenvalue weighted by Crippen LogP contribution is 2.30. The predicted octanol–water partition coefficient (Wildman–Crippen LogP) is 4.26. The van der Waals surface area contributed by atoms with Crippen LogP contribution in [-0.4, -0.2) is 49.1 Å². The van der Waals surface area contributed by atoms with Crippen LogP contribution in [0.4, 0.5) is 0 Å². The molecule has 0 radical (unpaired) electrons. The molecule has 0 N–H and O–H groups in total. The van der Waals surface area contributed by atoms with Gasteiger partial charge in [-0.05, 0) is 41.9 Å². The molecule has 3 aromatic carbocycles. The van der Waals surface area contributed by atoms with Crippen molar-refractivity contribution in [2.24, 2.45) is 5.28 Å². The molecule has 37 heavy (non-hydrogen) atoms. The summed E-state index contributed by atoms with van der Waals surface area (Å²) in [5.74, 6) is -2.14. The molecule has 0 unspecified atom stereocenters. The minimum absolute atomic E-state index is 0.220. The van der Waals surface area contributed by atoms with Gasteiger partial charge >= 0.3 is 17.9 Å². The Hall–Kier alpha value is -4.86. The summed E-state index contributed by atoms with van der Waals surface area (Å²) in [5.41, 5.74) is 9.47. The van der Waals surface area contributed by atoms with E-state index < -0.39 is 42.5 Å². The van der Waals surface area contributed by atoms with Gasteiger partial charge in [-0.15, -0.1) is 0 Å². The number of carbonyl (C=O) groups excluding carboxylic acids is 3. The average molecular weight is 503 g/mol. The van der Waals surface area contributed by atoms with Crippen molar-refractivity contribution >= 4 is 17.9 Å². The molecule has 4 rings (SSSR count). The summed E-state index contributed by atoms with van der Waals surface area (Å²) in [5, 5.41) is 3.05. The number of azide groups is 1. The maximum absolute atomic E-state index is 12.9. The Labute approximate surface area is 211 Å². The first-order valence-electron chi connectivity index (χ1n) is 11.2. The Morgan fingerprint density at radius 1 is 0.730 bits per heavy atom. The van der Waals surface area contributed by atoms with Crippen LogP contribution >= 0.6 is 0 Å². The summed E-state index contributed by atoms with van der Waals surface area (Å²) in [6.45, 7) is -0.379. The minimum atomic E-state index is -1.45. The number of rotatable bonds is 9. The molecule has 0 amide bonds. The van der Waals surface area contributed by atoms with Gasteiger partial charge in [-0.3, -0.25) is 0 Å². The standard InChI is InChI=1S/C26H21N3O8/c27-28-29-37-26-22(36-25(32)19-14-8-3-9-15-19)21(35-24(31)18-12-6-2-7-13-18)20(34-26)16-33-23(30)17-10-4-1-5-11-17/h1-15,20-22,26H,16H2/t20-,21-,22-,26+/m0/s1. The van der Waals surface area contributed by atoms with Gasteiger partial charge in [0.2, 0.25) is 12.4 Å². The number of benzene rings is 3. The van der Waals surface area contributed by atoms with Gasteiger partial charge in [0.1, 0.15) is 18.0 Å². The molecule has 11 heteroatoms. The number of hydrogen-bond donors (Lipinski definition) is 0. The second-order valence-corrected chi connectivity index (χ2v) is 7.76. The first-order valence-corrected chi connectivity index (χ1v) is 11.2. The Morgan fingerprint density at radius 3 is 1.68 bits per heavy atom. The lowest BCUT2D eigenvalue weighted by atomic mass is 10.1. The van der Waals surface area contributed by atoms with Crippen molar-refractivity contribution in [2.75, 3.05) is 6.61 Å². The van der Waals surface area contributed by atoms with Crippen molar-refractivity contribution in [2.45, 2.75) is 24.6 Å². The molecule has 0 bridgehead atoms. The Balaban J connectivity index is 1.58. The van der Waals surface area contributed by atoms with Gasteiger partial charge in [-0.1, -0.05) is 54.6 Å². The quantitative estimate of drug-likeness (QED) is 0.105. The van der Waals surface area contributed by atoms with Crippen LogP contribution in [0.5, 0.6) is 0 Å². The third kappa shape index (κ3) is 6.43. The van der Waals surface area contributed by atoms with Crippen molar-refractivity contribution in [3.05, 3.63) is 118 Å². The summed E-state index contributed by atoms with van der Waals surface area (Å²) in [4.78, 5) is 45.7. The van der Waals surface area contributed by atoms with Gasteiger partial charge in [0.25, 0.3) is 0 Å². The van der Waals surface area contributed by atoms with E-state index in [-0.39, 0.29) is 17.7 Å². The van der Waals surface area contributed by atoms with Gasteiger partial charge in [0, 0.05) is 4.91 Å². The third-order valence-electron chi connectivity index (χ3n) is 5.35. The third-order valence-corrected chi connectivity index (χ3v) is 5.35. The highest BCUT2D eigenvalue weighted by Gasteiger charge is 2.52. The molecule has 0 aromatic heterocycles. The number of ether oxygens (including phenoxy) is 4. The van der Waals surface area contributed by atoms with Gasteiger partial charge in [0.05, 0.1) is 16.7 Å². The number of nitrogens with zero attached hydrogens (tertiary/aromatic N) is 3. The van der Waals surface area contributed by atoms with Crippen molar-refractivity contribution in [1.29, 1.82) is 0 Å². The first kappa shape index (κ1) is 25.2. The van der Waals surface area contributed by atoms with Gasteiger partial charge < -0.3 is 23.8 Å². The van der Waals surface area contributed by atoms with E-state index in [0.717, 1.165) is 0 Å². The maximum Gasteiger partial charge on any atom is 0.338 e. The fourth-order valence-corrected chi connectivity index (χ4v) is 3.59. The SMILES string of the molecule is [N-]=[N+]=NO[C@H]1O[C@@H](COC(=O)c2ccccc2)[C@H](OC(=O)c2ccccc2)[C@@H]1OC(=O)c1ccccc1. The topological polar surface area (TPSA) is 146 Å². The molecule has 188 valence electrons. The van der Waals surface area contributed by atoms with Crippen LogP contribution in [0, 0.1) is 0 Å². The molecule has 0 aliphatic carbocycles. The summed E-state index contributed by atoms with van der Waals surface area (Å²) < 4.78 is 22.3. The fourth-order valence-electron chi connectivity index (χ4n) is 3.59. The van der Waals surface area contributed by atoms with Crippen LogP contribution in [-0.2, 0) is 23.8 Å². The molecular formula is C26H21N3O8. The van der Waals surface area contributed by atoms with Crippen molar-refractivity contribution < 1.29 is 38.2 Å². The van der Waals surface area contributed by atoms with Crippen LogP contribution in [0.2, 0.25) is 0 Å². The number of carbonyl (C=O) groups is 3. The van der Waals surface area contributed by atoms with Crippen LogP contribution < -0.4 is 0 Å². The van der Waals surface area contributed by atoms with Crippen LogP contribution in [0.1, 0.15) is 31.1 Å². The first-order chi connectivity index (χ1) is 18.1. The molecule has 4 atom stereocenters. The normalized spacial score (nSPS) is 20.2. The second kappa shape index (κ2) is 12.2. The Morgan fingerprint density at radius 2 is 1.19 bits per heavy atom. The van der Waals surface area contributed by atoms with E-state index in [9.17, 15) is 14.4 Å². The highest BCUT2D eigenvalue weighted by molar-refractivity contribution is 5.90. The zero-order valence-electron chi connectivity index (χ0n) is 19.3. The van der Waals surface area contributed by atoms with E-state index in [2.05, 4.69) is 10.2 Å². The van der Waals surface area contributed by atoms with E-state index in [1.807, 2.05) is 0 Å². The largest absolute Gasteiger partial charge is 0.459 e. The molecule has 1 aliphatic heterocycles. The van der Waals surface area contributed by atoms with Crippen LogP contribution in [0.3, 0.4) is 0 Å². The fraction of sp³-hybridized carbons (Fsp3) is 0.192. The monoisotopic (exact) mass is 503 g/mol. The Kier molecular flexibility index (Phi) is 8.33. The lowest BCUT2D eigenvalue weighted by Gasteiger charge is -2.23. The molecule has 3 aromatic rings. The lowest BCUT2D eigenvalue weighted by molar-refractivity contribution is -0.172. The van der Waals surface area contributed by atoms with E-state index >= 15 is 0 Å². The zero-order valence-corrected chi connectivity index (χ0v) is 19.3. The molecule has 0 spiro atoms. The average Bonchev–Trinajstić information content (AvgIpc) is 3.27. The van der Waals surface area contributed by atoms with Crippen LogP contribution in [0.15, 0.2) is 96.3 Å². The van der Waals surface area contributed by atoms with E-state index in [0.29, 0.717) is 5.56 Å². The minimum Gasteiger partial charge on any atom is -0.459 e. The summed E-state index contributed by atoms with van der Waals surface area (Å²) >= 11 is 0. The van der Waals surface area contributed by atoms with E-state index in [1.54, 1.807) is 78.9 Å². The molecule has 0 saturated carbocycles. The van der Waals surface area contributed by atoms with Crippen molar-refractivity contribution in [3.63, 3.8) is 0 Å². The predicted molar refractivity (Wildman–Crippen MR) is 127 cm³/mol. The van der Waals surface area contributed by atoms with Gasteiger partial charge in [-0.2, -0.15) is 0 Å². The molecular weight excluding hydrogens is 482 g/mol. The Bertz CT molecular complexity index is 1270. The lowest BCUT2D eigenvalue weighted by Crippen LogP contribution is -2.42. The number of esters is 3. The highest BCUT2D eigenvalue weighted by atomic mass is 16.8. The molecule has 1 heterocycles. The summed E-state index contributed by atoms with van der Waals surface area (Å²) in [7, 11) is 0. The summed E-state index contributed by atoms with van der Waals surface area (Å²) in [6, 6.07) is 24.5. The second-order valence-electron chi connectivity index (χ2n) is 7.76. The van der Waals surface area contributed by atoms with Gasteiger partial charge in [-0.25, -0.2) is 14.4 Å². The van der Waals surface area contributed by atoms with E-state index in [4.69, 9.17) is 29.3 Å². The van der Waals surface area contributed by atoms with Crippen molar-refractivity contribution in [3.8, 4) is 0 Å². The van der Waals surface area contributed by atoms with Crippen LogP contribution in [0.25, 0.3) is 10.4 Å². The smallest absolute Gasteiger partial charge is 0.338 e. The van der Waals surface area contributed by atoms with Gasteiger partial charge in [0.15, 0.2) is 6.10 Å². The molecule has 1 aliphatic rings. The summed E-state index contributed by atoms with van der Waals surface area (Å²) in [6.07, 6.45) is -5.19. The number of hydrogen-bond acceptors (Lipinski definition) is 9. The molecule has 1 saturated heterocycles. The molecule has 1 fully saturated rings. The van der Waals surface area contributed by atoms with E-state index in [1.165, 1.54) is 12.1 Å². The zero-order chi connectivity index (χ0) is 26.0.